The second kappa shape index (κ2) is 5.23. The van der Waals surface area contributed by atoms with E-state index in [-0.39, 0.29) is 11.7 Å². The Morgan fingerprint density at radius 2 is 2.12 bits per heavy atom. The molecule has 90 valence electrons. The van der Waals surface area contributed by atoms with Crippen LogP contribution in [0.15, 0.2) is 33.7 Å². The van der Waals surface area contributed by atoms with Gasteiger partial charge in [-0.2, -0.15) is 4.98 Å². The van der Waals surface area contributed by atoms with E-state index >= 15 is 0 Å². The van der Waals surface area contributed by atoms with Crippen LogP contribution in [0.4, 0.5) is 0 Å². The number of para-hydroxylation sites is 1. The number of benzene rings is 1. The molecule has 0 unspecified atom stereocenters. The molecule has 0 aliphatic carbocycles. The normalized spacial score (nSPS) is 11.0. The molecule has 0 saturated heterocycles. The van der Waals surface area contributed by atoms with Crippen LogP contribution in [-0.2, 0) is 5.75 Å². The van der Waals surface area contributed by atoms with Gasteiger partial charge in [0.25, 0.3) is 0 Å². The zero-order valence-electron chi connectivity index (χ0n) is 9.75. The summed E-state index contributed by atoms with van der Waals surface area (Å²) in [6.07, 6.45) is 0. The highest BCUT2D eigenvalue weighted by molar-refractivity contribution is 7.98. The average Bonchev–Trinajstić information content (AvgIpc) is 2.77. The highest BCUT2D eigenvalue weighted by atomic mass is 32.2. The molecule has 0 atom stereocenters. The fourth-order valence-electron chi connectivity index (χ4n) is 1.28. The Labute approximate surface area is 104 Å². The number of hydrogen-bond donors (Lipinski definition) is 1. The van der Waals surface area contributed by atoms with E-state index in [1.807, 2.05) is 26.0 Å². The third-order valence-electron chi connectivity index (χ3n) is 2.22. The standard InChI is InChI=1S/C12H14N2O2S/c1-8(2)12-13-11(16-14-12)7-17-10-6-4-3-5-9(10)15/h3-6,8,15H,7H2,1-2H3. The molecule has 17 heavy (non-hydrogen) atoms. The first kappa shape index (κ1) is 12.0. The smallest absolute Gasteiger partial charge is 0.237 e. The van der Waals surface area contributed by atoms with Crippen LogP contribution >= 0.6 is 11.8 Å². The molecule has 1 N–H and O–H groups in total. The number of aromatic hydroxyl groups is 1. The quantitative estimate of drug-likeness (QED) is 0.844. The monoisotopic (exact) mass is 250 g/mol. The third kappa shape index (κ3) is 3.00. The van der Waals surface area contributed by atoms with E-state index in [2.05, 4.69) is 10.1 Å². The van der Waals surface area contributed by atoms with Crippen molar-refractivity contribution in [3.8, 4) is 5.75 Å². The number of rotatable bonds is 4. The first-order valence-electron chi connectivity index (χ1n) is 5.40. The lowest BCUT2D eigenvalue weighted by molar-refractivity contribution is 0.383. The molecule has 4 nitrogen and oxygen atoms in total. The molecule has 0 aliphatic rings. The lowest BCUT2D eigenvalue weighted by Gasteiger charge is -2.00. The summed E-state index contributed by atoms with van der Waals surface area (Å²) in [4.78, 5) is 5.09. The summed E-state index contributed by atoms with van der Waals surface area (Å²) in [5.74, 6) is 2.42. The van der Waals surface area contributed by atoms with Crippen LogP contribution in [-0.4, -0.2) is 15.2 Å². The topological polar surface area (TPSA) is 59.2 Å². The molecule has 0 amide bonds. The van der Waals surface area contributed by atoms with Gasteiger partial charge in [0, 0.05) is 10.8 Å². The van der Waals surface area contributed by atoms with Gasteiger partial charge < -0.3 is 9.63 Å². The highest BCUT2D eigenvalue weighted by Crippen LogP contribution is 2.30. The Balaban J connectivity index is 2.00. The van der Waals surface area contributed by atoms with E-state index in [0.29, 0.717) is 11.6 Å². The van der Waals surface area contributed by atoms with Gasteiger partial charge in [-0.1, -0.05) is 31.1 Å². The van der Waals surface area contributed by atoms with Gasteiger partial charge in [0.1, 0.15) is 5.75 Å². The van der Waals surface area contributed by atoms with Gasteiger partial charge in [0.15, 0.2) is 5.82 Å². The van der Waals surface area contributed by atoms with Gasteiger partial charge in [0.2, 0.25) is 5.89 Å². The lowest BCUT2D eigenvalue weighted by atomic mass is 10.2. The van der Waals surface area contributed by atoms with Crippen molar-refractivity contribution in [1.29, 1.82) is 0 Å². The van der Waals surface area contributed by atoms with Gasteiger partial charge >= 0.3 is 0 Å². The molecule has 5 heteroatoms. The van der Waals surface area contributed by atoms with Crippen LogP contribution < -0.4 is 0 Å². The van der Waals surface area contributed by atoms with Gasteiger partial charge in [-0.3, -0.25) is 0 Å². The third-order valence-corrected chi connectivity index (χ3v) is 3.26. The van der Waals surface area contributed by atoms with Crippen molar-refractivity contribution >= 4 is 11.8 Å². The molecule has 1 aromatic carbocycles. The van der Waals surface area contributed by atoms with Crippen molar-refractivity contribution in [2.45, 2.75) is 30.4 Å². The molecule has 0 aliphatic heterocycles. The maximum atomic E-state index is 9.59. The van der Waals surface area contributed by atoms with Gasteiger partial charge in [-0.05, 0) is 12.1 Å². The first-order chi connectivity index (χ1) is 8.16. The molecule has 2 aromatic rings. The minimum absolute atomic E-state index is 0.266. The fraction of sp³-hybridized carbons (Fsp3) is 0.333. The molecule has 1 heterocycles. The average molecular weight is 250 g/mol. The van der Waals surface area contributed by atoms with E-state index in [9.17, 15) is 5.11 Å². The summed E-state index contributed by atoms with van der Waals surface area (Å²) < 4.78 is 5.12. The predicted octanol–water partition coefficient (Wildman–Crippen LogP) is 3.19. The maximum Gasteiger partial charge on any atom is 0.237 e. The van der Waals surface area contributed by atoms with Crippen LogP contribution in [0.2, 0.25) is 0 Å². The summed E-state index contributed by atoms with van der Waals surface area (Å²) in [5.41, 5.74) is 0. The number of nitrogens with zero attached hydrogens (tertiary/aromatic N) is 2. The number of phenolic OH excluding ortho intramolecular Hbond substituents is 1. The Morgan fingerprint density at radius 3 is 2.76 bits per heavy atom. The zero-order valence-corrected chi connectivity index (χ0v) is 10.6. The molecule has 0 radical (unpaired) electrons. The van der Waals surface area contributed by atoms with Crippen LogP contribution in [0.5, 0.6) is 5.75 Å². The largest absolute Gasteiger partial charge is 0.507 e. The highest BCUT2D eigenvalue weighted by Gasteiger charge is 2.10. The van der Waals surface area contributed by atoms with Crippen molar-refractivity contribution in [2.75, 3.05) is 0 Å². The van der Waals surface area contributed by atoms with E-state index in [1.54, 1.807) is 12.1 Å². The molecule has 0 saturated carbocycles. The maximum absolute atomic E-state index is 9.59. The molecule has 0 spiro atoms. The Morgan fingerprint density at radius 1 is 1.35 bits per heavy atom. The van der Waals surface area contributed by atoms with Crippen molar-refractivity contribution in [3.63, 3.8) is 0 Å². The molecule has 2 rings (SSSR count). The molecular weight excluding hydrogens is 236 g/mol. The van der Waals surface area contributed by atoms with Crippen LogP contribution in [0.3, 0.4) is 0 Å². The fourth-order valence-corrected chi connectivity index (χ4v) is 2.07. The molecule has 0 bridgehead atoms. The van der Waals surface area contributed by atoms with Crippen molar-refractivity contribution in [1.82, 2.24) is 10.1 Å². The number of phenols is 1. The van der Waals surface area contributed by atoms with E-state index in [0.717, 1.165) is 10.7 Å². The van der Waals surface area contributed by atoms with Crippen LogP contribution in [0.1, 0.15) is 31.5 Å². The van der Waals surface area contributed by atoms with Gasteiger partial charge in [-0.15, -0.1) is 11.8 Å². The van der Waals surface area contributed by atoms with E-state index < -0.39 is 0 Å². The Kier molecular flexibility index (Phi) is 3.68. The predicted molar refractivity (Wildman–Crippen MR) is 66.1 cm³/mol. The van der Waals surface area contributed by atoms with E-state index in [1.165, 1.54) is 11.8 Å². The first-order valence-corrected chi connectivity index (χ1v) is 6.38. The van der Waals surface area contributed by atoms with Crippen LogP contribution in [0.25, 0.3) is 0 Å². The minimum atomic E-state index is 0.266. The second-order valence-electron chi connectivity index (χ2n) is 3.96. The van der Waals surface area contributed by atoms with Crippen molar-refractivity contribution in [3.05, 3.63) is 36.0 Å². The van der Waals surface area contributed by atoms with Gasteiger partial charge in [0.05, 0.1) is 5.75 Å². The Bertz CT molecular complexity index is 497. The number of aromatic nitrogens is 2. The summed E-state index contributed by atoms with van der Waals surface area (Å²) in [5, 5.41) is 13.5. The van der Waals surface area contributed by atoms with Crippen molar-refractivity contribution < 1.29 is 9.63 Å². The second-order valence-corrected chi connectivity index (χ2v) is 4.97. The summed E-state index contributed by atoms with van der Waals surface area (Å²) >= 11 is 1.48. The SMILES string of the molecule is CC(C)c1noc(CSc2ccccc2O)n1. The molecule has 1 aromatic heterocycles. The molecule has 0 fully saturated rings. The minimum Gasteiger partial charge on any atom is -0.507 e. The zero-order chi connectivity index (χ0) is 12.3. The summed E-state index contributed by atoms with van der Waals surface area (Å²) in [6.45, 7) is 4.04. The number of thioether (sulfide) groups is 1. The summed E-state index contributed by atoms with van der Waals surface area (Å²) in [7, 11) is 0. The van der Waals surface area contributed by atoms with Crippen molar-refractivity contribution in [2.24, 2.45) is 0 Å². The lowest BCUT2D eigenvalue weighted by Crippen LogP contribution is -1.90. The van der Waals surface area contributed by atoms with E-state index in [4.69, 9.17) is 4.52 Å². The number of hydrogen-bond acceptors (Lipinski definition) is 5. The Hall–Kier alpha value is -1.49. The molecular formula is C12H14N2O2S. The summed E-state index contributed by atoms with van der Waals surface area (Å²) in [6, 6.07) is 7.20. The van der Waals surface area contributed by atoms with Crippen LogP contribution in [0, 0.1) is 0 Å². The van der Waals surface area contributed by atoms with Gasteiger partial charge in [-0.25, -0.2) is 0 Å².